The van der Waals surface area contributed by atoms with Crippen molar-refractivity contribution >= 4 is 27.1 Å². The Bertz CT molecular complexity index is 1180. The molecule has 0 unspecified atom stereocenters. The molecular weight excluding hydrogens is 400 g/mol. The van der Waals surface area contributed by atoms with Crippen LogP contribution in [0.4, 0.5) is 0 Å². The van der Waals surface area contributed by atoms with Gasteiger partial charge in [0, 0.05) is 4.88 Å². The minimum absolute atomic E-state index is 0.0184. The monoisotopic (exact) mass is 416 g/mol. The topological polar surface area (TPSA) is 89.9 Å². The van der Waals surface area contributed by atoms with Crippen LogP contribution >= 0.6 is 11.3 Å². The Morgan fingerprint density at radius 1 is 1.11 bits per heavy atom. The molecule has 0 amide bonds. The van der Waals surface area contributed by atoms with Crippen LogP contribution in [0.3, 0.4) is 0 Å². The average Bonchev–Trinajstić information content (AvgIpc) is 3.27. The molecule has 1 aromatic heterocycles. The molecule has 3 aromatic rings. The van der Waals surface area contributed by atoms with Gasteiger partial charge in [0.1, 0.15) is 4.88 Å². The number of aromatic carboxylic acids is 1. The number of carboxylic acid groups (broad SMARTS) is 1. The van der Waals surface area contributed by atoms with Crippen LogP contribution in [0.5, 0.6) is 11.5 Å². The molecule has 2 heterocycles. The Kier molecular flexibility index (Phi) is 4.60. The normalized spacial score (nSPS) is 12.9. The van der Waals surface area contributed by atoms with Gasteiger partial charge in [0.25, 0.3) is 0 Å². The first kappa shape index (κ1) is 18.5. The zero-order valence-electron chi connectivity index (χ0n) is 14.8. The zero-order valence-corrected chi connectivity index (χ0v) is 16.5. The number of rotatable bonds is 5. The molecule has 8 heteroatoms. The molecule has 0 fully saturated rings. The van der Waals surface area contributed by atoms with Gasteiger partial charge in [-0.1, -0.05) is 18.2 Å². The molecule has 6 nitrogen and oxygen atoms in total. The fourth-order valence-electron chi connectivity index (χ4n) is 3.10. The average molecular weight is 416 g/mol. The van der Waals surface area contributed by atoms with Gasteiger partial charge in [0.05, 0.1) is 10.6 Å². The van der Waals surface area contributed by atoms with E-state index in [-0.39, 0.29) is 27.9 Å². The number of hydrogen-bond donors (Lipinski definition) is 1. The van der Waals surface area contributed by atoms with Crippen molar-refractivity contribution in [2.75, 3.05) is 6.79 Å². The van der Waals surface area contributed by atoms with E-state index in [1.165, 1.54) is 6.07 Å². The molecule has 0 saturated carbocycles. The Labute approximate surface area is 165 Å². The smallest absolute Gasteiger partial charge is 0.346 e. The summed E-state index contributed by atoms with van der Waals surface area (Å²) < 4.78 is 36.4. The molecule has 1 aliphatic rings. The maximum atomic E-state index is 12.9. The Morgan fingerprint density at radius 2 is 1.86 bits per heavy atom. The van der Waals surface area contributed by atoms with E-state index in [0.717, 1.165) is 16.9 Å². The number of carboxylic acids is 1. The van der Waals surface area contributed by atoms with Crippen molar-refractivity contribution in [2.24, 2.45) is 0 Å². The summed E-state index contributed by atoms with van der Waals surface area (Å²) in [6, 6.07) is 13.6. The van der Waals surface area contributed by atoms with E-state index in [9.17, 15) is 18.3 Å². The molecule has 0 saturated heterocycles. The number of hydrogen-bond acceptors (Lipinski definition) is 6. The molecule has 2 aromatic carbocycles. The number of fused-ring (bicyclic) bond motifs is 1. The summed E-state index contributed by atoms with van der Waals surface area (Å²) in [5.41, 5.74) is 1.65. The van der Waals surface area contributed by atoms with Crippen molar-refractivity contribution in [3.8, 4) is 21.9 Å². The SMILES string of the molecule is Cc1ccccc1S(=O)(=O)Cc1cc(-c2ccc3c(c2)OCO3)sc1C(=O)O. The quantitative estimate of drug-likeness (QED) is 0.673. The van der Waals surface area contributed by atoms with Gasteiger partial charge in [-0.2, -0.15) is 0 Å². The van der Waals surface area contributed by atoms with E-state index in [0.29, 0.717) is 21.9 Å². The van der Waals surface area contributed by atoms with E-state index < -0.39 is 15.8 Å². The largest absolute Gasteiger partial charge is 0.477 e. The van der Waals surface area contributed by atoms with Crippen molar-refractivity contribution in [3.05, 3.63) is 64.5 Å². The van der Waals surface area contributed by atoms with Crippen LogP contribution in [0.2, 0.25) is 0 Å². The molecule has 0 bridgehead atoms. The Balaban J connectivity index is 1.74. The van der Waals surface area contributed by atoms with Crippen LogP contribution in [0.25, 0.3) is 10.4 Å². The van der Waals surface area contributed by atoms with E-state index in [2.05, 4.69) is 0 Å². The van der Waals surface area contributed by atoms with E-state index >= 15 is 0 Å². The van der Waals surface area contributed by atoms with Crippen molar-refractivity contribution in [1.29, 1.82) is 0 Å². The highest BCUT2D eigenvalue weighted by molar-refractivity contribution is 7.90. The van der Waals surface area contributed by atoms with Crippen LogP contribution in [-0.4, -0.2) is 26.3 Å². The van der Waals surface area contributed by atoms with Gasteiger partial charge in [0.2, 0.25) is 6.79 Å². The van der Waals surface area contributed by atoms with Crippen LogP contribution in [0.1, 0.15) is 20.8 Å². The first-order valence-electron chi connectivity index (χ1n) is 8.39. The van der Waals surface area contributed by atoms with Crippen molar-refractivity contribution < 1.29 is 27.8 Å². The fourth-order valence-corrected chi connectivity index (χ4v) is 5.84. The lowest BCUT2D eigenvalue weighted by molar-refractivity contribution is 0.0701. The number of benzene rings is 2. The zero-order chi connectivity index (χ0) is 19.9. The van der Waals surface area contributed by atoms with Gasteiger partial charge in [-0.25, -0.2) is 13.2 Å². The van der Waals surface area contributed by atoms with Crippen molar-refractivity contribution in [1.82, 2.24) is 0 Å². The second kappa shape index (κ2) is 6.96. The lowest BCUT2D eigenvalue weighted by Gasteiger charge is -2.07. The van der Waals surface area contributed by atoms with Gasteiger partial charge < -0.3 is 14.6 Å². The van der Waals surface area contributed by atoms with Gasteiger partial charge in [-0.05, 0) is 53.9 Å². The van der Waals surface area contributed by atoms with Gasteiger partial charge in [-0.15, -0.1) is 11.3 Å². The van der Waals surface area contributed by atoms with E-state index in [1.54, 1.807) is 49.4 Å². The van der Waals surface area contributed by atoms with E-state index in [1.807, 2.05) is 0 Å². The summed E-state index contributed by atoms with van der Waals surface area (Å²) in [5.74, 6) is -0.314. The first-order chi connectivity index (χ1) is 13.3. The number of sulfone groups is 1. The minimum atomic E-state index is -3.68. The highest BCUT2D eigenvalue weighted by Gasteiger charge is 2.24. The summed E-state index contributed by atoms with van der Waals surface area (Å²) >= 11 is 1.05. The third kappa shape index (κ3) is 3.36. The molecular formula is C20H16O6S2. The summed E-state index contributed by atoms with van der Waals surface area (Å²) in [4.78, 5) is 12.6. The summed E-state index contributed by atoms with van der Waals surface area (Å²) in [7, 11) is -3.68. The predicted octanol–water partition coefficient (Wildman–Crippen LogP) is 4.12. The Hall–Kier alpha value is -2.84. The first-order valence-corrected chi connectivity index (χ1v) is 10.9. The summed E-state index contributed by atoms with van der Waals surface area (Å²) in [6.07, 6.45) is 0. The molecule has 28 heavy (non-hydrogen) atoms. The van der Waals surface area contributed by atoms with Crippen LogP contribution in [0.15, 0.2) is 53.4 Å². The minimum Gasteiger partial charge on any atom is -0.477 e. The lowest BCUT2D eigenvalue weighted by Crippen LogP contribution is -2.08. The van der Waals surface area contributed by atoms with Gasteiger partial charge >= 0.3 is 5.97 Å². The third-order valence-electron chi connectivity index (χ3n) is 4.43. The number of carbonyl (C=O) groups is 1. The molecule has 1 N–H and O–H groups in total. The molecule has 0 spiro atoms. The van der Waals surface area contributed by atoms with Crippen molar-refractivity contribution in [2.45, 2.75) is 17.6 Å². The van der Waals surface area contributed by atoms with E-state index in [4.69, 9.17) is 9.47 Å². The highest BCUT2D eigenvalue weighted by Crippen LogP contribution is 2.39. The second-order valence-corrected chi connectivity index (χ2v) is 9.37. The fraction of sp³-hybridized carbons (Fsp3) is 0.150. The van der Waals surface area contributed by atoms with Crippen molar-refractivity contribution in [3.63, 3.8) is 0 Å². The third-order valence-corrected chi connectivity index (χ3v) is 7.47. The van der Waals surface area contributed by atoms with Gasteiger partial charge in [-0.3, -0.25) is 0 Å². The maximum Gasteiger partial charge on any atom is 0.346 e. The standard InChI is InChI=1S/C20H16O6S2/c1-12-4-2-3-5-18(12)28(23,24)10-14-9-17(27-19(14)20(21)22)13-6-7-15-16(8-13)26-11-25-15/h2-9H,10-11H2,1H3,(H,21,22). The molecule has 144 valence electrons. The summed E-state index contributed by atoms with van der Waals surface area (Å²) in [5, 5.41) is 9.57. The molecule has 4 rings (SSSR count). The lowest BCUT2D eigenvalue weighted by atomic mass is 10.1. The summed E-state index contributed by atoms with van der Waals surface area (Å²) in [6.45, 7) is 1.86. The van der Waals surface area contributed by atoms with Crippen LogP contribution < -0.4 is 9.47 Å². The highest BCUT2D eigenvalue weighted by atomic mass is 32.2. The Morgan fingerprint density at radius 3 is 2.61 bits per heavy atom. The van der Waals surface area contributed by atoms with Crippen LogP contribution in [0, 0.1) is 6.92 Å². The molecule has 1 aliphatic heterocycles. The molecule has 0 atom stereocenters. The number of thiophene rings is 1. The molecule has 0 aliphatic carbocycles. The van der Waals surface area contributed by atoms with Crippen LogP contribution in [-0.2, 0) is 15.6 Å². The number of ether oxygens (including phenoxy) is 2. The maximum absolute atomic E-state index is 12.9. The number of aryl methyl sites for hydroxylation is 1. The second-order valence-electron chi connectivity index (χ2n) is 6.36. The van der Waals surface area contributed by atoms with Gasteiger partial charge in [0.15, 0.2) is 21.3 Å². The molecule has 0 radical (unpaired) electrons. The predicted molar refractivity (Wildman–Crippen MR) is 105 cm³/mol.